The van der Waals surface area contributed by atoms with Crippen LogP contribution in [0, 0.1) is 5.95 Å². The highest BCUT2D eigenvalue weighted by molar-refractivity contribution is 9.10. The van der Waals surface area contributed by atoms with E-state index in [4.69, 9.17) is 0 Å². The summed E-state index contributed by atoms with van der Waals surface area (Å²) in [6, 6.07) is 1.64. The maximum atomic E-state index is 13.1. The molecule has 0 radical (unpaired) electrons. The van der Waals surface area contributed by atoms with Crippen molar-refractivity contribution in [3.05, 3.63) is 34.3 Å². The number of hydrogen-bond donors (Lipinski definition) is 0. The van der Waals surface area contributed by atoms with Crippen LogP contribution in [-0.4, -0.2) is 15.9 Å². The Kier molecular flexibility index (Phi) is 4.98. The predicted molar refractivity (Wildman–Crippen MR) is 64.1 cm³/mol. The van der Waals surface area contributed by atoms with Crippen molar-refractivity contribution in [1.29, 1.82) is 0 Å². The molecular formula is C10H9BrFNOS. The number of thioether (sulfide) groups is 1. The lowest BCUT2D eigenvalue weighted by Crippen LogP contribution is -1.87. The largest absolute Gasteiger partial charge is 0.288 e. The molecule has 0 atom stereocenters. The molecule has 0 spiro atoms. The summed E-state index contributed by atoms with van der Waals surface area (Å²) < 4.78 is 13.8. The number of nitrogens with zero attached hydrogens (tertiary/aromatic N) is 1. The van der Waals surface area contributed by atoms with E-state index >= 15 is 0 Å². The zero-order valence-electron chi connectivity index (χ0n) is 8.04. The molecule has 0 aliphatic rings. The molecule has 15 heavy (non-hydrogen) atoms. The summed E-state index contributed by atoms with van der Waals surface area (Å²) in [5, 5.41) is 0.0486. The highest BCUT2D eigenvalue weighted by Gasteiger charge is 2.00. The zero-order valence-corrected chi connectivity index (χ0v) is 10.4. The number of halogens is 2. The van der Waals surface area contributed by atoms with Crippen molar-refractivity contribution in [2.24, 2.45) is 0 Å². The fourth-order valence-electron chi connectivity index (χ4n) is 0.896. The molecule has 0 aliphatic heterocycles. The second-order valence-electron chi connectivity index (χ2n) is 2.74. The molecule has 0 amide bonds. The summed E-state index contributed by atoms with van der Waals surface area (Å²) in [7, 11) is 0. The highest BCUT2D eigenvalue weighted by Crippen LogP contribution is 2.14. The Labute approximate surface area is 100 Å². The average molecular weight is 290 g/mol. The van der Waals surface area contributed by atoms with E-state index in [2.05, 4.69) is 20.9 Å². The minimum Gasteiger partial charge on any atom is -0.288 e. The van der Waals surface area contributed by atoms with Gasteiger partial charge in [0, 0.05) is 28.9 Å². The molecule has 1 rings (SSSR count). The van der Waals surface area contributed by atoms with Gasteiger partial charge in [-0.2, -0.15) is 4.39 Å². The third kappa shape index (κ3) is 4.57. The Balaban J connectivity index is 2.63. The molecule has 0 aromatic carbocycles. The van der Waals surface area contributed by atoms with E-state index in [1.165, 1.54) is 24.9 Å². The molecule has 0 bridgehead atoms. The highest BCUT2D eigenvalue weighted by atomic mass is 79.9. The summed E-state index contributed by atoms with van der Waals surface area (Å²) in [6.45, 7) is 1.50. The number of aromatic nitrogens is 1. The molecule has 1 heterocycles. The number of rotatable bonds is 3. The van der Waals surface area contributed by atoms with E-state index in [0.29, 0.717) is 11.3 Å². The van der Waals surface area contributed by atoms with Crippen LogP contribution in [-0.2, 0) is 4.79 Å². The van der Waals surface area contributed by atoms with Crippen molar-refractivity contribution < 1.29 is 9.18 Å². The fraction of sp³-hybridized carbons (Fsp3) is 0.200. The van der Waals surface area contributed by atoms with Gasteiger partial charge < -0.3 is 0 Å². The lowest BCUT2D eigenvalue weighted by molar-refractivity contribution is -0.109. The standard InChI is InChI=1S/C10H9BrFNOS/c1-7(14)15-4-2-3-8-5-9(11)6-13-10(8)12/h2-3,5-6H,4H2,1H3. The van der Waals surface area contributed by atoms with Crippen LogP contribution in [0.15, 0.2) is 22.8 Å². The van der Waals surface area contributed by atoms with Crippen molar-refractivity contribution in [2.75, 3.05) is 5.75 Å². The second kappa shape index (κ2) is 6.02. The first kappa shape index (κ1) is 12.4. The SMILES string of the molecule is CC(=O)SCC=Cc1cc(Br)cnc1F. The monoisotopic (exact) mass is 289 g/mol. The number of carbonyl (C=O) groups is 1. The van der Waals surface area contributed by atoms with Crippen molar-refractivity contribution in [3.8, 4) is 0 Å². The third-order valence-corrected chi connectivity index (χ3v) is 2.71. The second-order valence-corrected chi connectivity index (χ2v) is 4.85. The van der Waals surface area contributed by atoms with Crippen molar-refractivity contribution in [1.82, 2.24) is 4.98 Å². The minimum absolute atomic E-state index is 0.0486. The molecule has 1 aromatic heterocycles. The Morgan fingerprint density at radius 3 is 3.13 bits per heavy atom. The van der Waals surface area contributed by atoms with Crippen LogP contribution in [0.5, 0.6) is 0 Å². The first-order valence-corrected chi connectivity index (χ1v) is 5.98. The summed E-state index contributed by atoms with van der Waals surface area (Å²) in [5.41, 5.74) is 0.411. The van der Waals surface area contributed by atoms with Crippen LogP contribution in [0.2, 0.25) is 0 Å². The first-order valence-electron chi connectivity index (χ1n) is 4.20. The number of pyridine rings is 1. The summed E-state index contributed by atoms with van der Waals surface area (Å²) in [4.78, 5) is 14.2. The summed E-state index contributed by atoms with van der Waals surface area (Å²) in [6.07, 6.45) is 4.75. The van der Waals surface area contributed by atoms with E-state index in [1.807, 2.05) is 0 Å². The van der Waals surface area contributed by atoms with Gasteiger partial charge in [-0.25, -0.2) is 4.98 Å². The van der Waals surface area contributed by atoms with Gasteiger partial charge in [0.15, 0.2) is 5.12 Å². The van der Waals surface area contributed by atoms with Gasteiger partial charge in [-0.15, -0.1) is 0 Å². The van der Waals surface area contributed by atoms with E-state index in [1.54, 1.807) is 18.2 Å². The molecule has 80 valence electrons. The van der Waals surface area contributed by atoms with E-state index in [9.17, 15) is 9.18 Å². The van der Waals surface area contributed by atoms with Crippen LogP contribution in [0.4, 0.5) is 4.39 Å². The van der Waals surface area contributed by atoms with Crippen molar-refractivity contribution >= 4 is 38.9 Å². The van der Waals surface area contributed by atoms with E-state index in [0.717, 1.165) is 4.47 Å². The van der Waals surface area contributed by atoms with Crippen molar-refractivity contribution in [2.45, 2.75) is 6.92 Å². The van der Waals surface area contributed by atoms with Crippen LogP contribution in [0.25, 0.3) is 6.08 Å². The quantitative estimate of drug-likeness (QED) is 0.800. The van der Waals surface area contributed by atoms with Crippen LogP contribution < -0.4 is 0 Å². The molecule has 0 N–H and O–H groups in total. The van der Waals surface area contributed by atoms with Crippen LogP contribution >= 0.6 is 27.7 Å². The Bertz CT molecular complexity index is 395. The smallest absolute Gasteiger partial charge is 0.220 e. The van der Waals surface area contributed by atoms with Gasteiger partial charge in [-0.05, 0) is 22.0 Å². The van der Waals surface area contributed by atoms with Crippen LogP contribution in [0.1, 0.15) is 12.5 Å². The minimum atomic E-state index is -0.512. The molecule has 0 saturated carbocycles. The normalized spacial score (nSPS) is 10.9. The van der Waals surface area contributed by atoms with Crippen molar-refractivity contribution in [3.63, 3.8) is 0 Å². The average Bonchev–Trinajstić information content (AvgIpc) is 2.17. The lowest BCUT2D eigenvalue weighted by atomic mass is 10.2. The lowest BCUT2D eigenvalue weighted by Gasteiger charge is -1.96. The first-order chi connectivity index (χ1) is 7.09. The third-order valence-electron chi connectivity index (χ3n) is 1.51. The van der Waals surface area contributed by atoms with E-state index < -0.39 is 5.95 Å². The summed E-state index contributed by atoms with van der Waals surface area (Å²) >= 11 is 4.39. The molecule has 0 aliphatic carbocycles. The molecule has 0 saturated heterocycles. The zero-order chi connectivity index (χ0) is 11.3. The maximum absolute atomic E-state index is 13.1. The van der Waals surface area contributed by atoms with Gasteiger partial charge >= 0.3 is 0 Å². The number of hydrogen-bond acceptors (Lipinski definition) is 3. The van der Waals surface area contributed by atoms with Gasteiger partial charge in [-0.1, -0.05) is 23.9 Å². The molecule has 0 unspecified atom stereocenters. The van der Waals surface area contributed by atoms with Gasteiger partial charge in [0.05, 0.1) is 0 Å². The Hall–Kier alpha value is -0.680. The van der Waals surface area contributed by atoms with Crippen LogP contribution in [0.3, 0.4) is 0 Å². The maximum Gasteiger partial charge on any atom is 0.220 e. The van der Waals surface area contributed by atoms with Gasteiger partial charge in [0.25, 0.3) is 0 Å². The Morgan fingerprint density at radius 2 is 2.47 bits per heavy atom. The van der Waals surface area contributed by atoms with Gasteiger partial charge in [0.2, 0.25) is 5.95 Å². The molecule has 1 aromatic rings. The predicted octanol–water partition coefficient (Wildman–Crippen LogP) is 3.28. The Morgan fingerprint density at radius 1 is 1.73 bits per heavy atom. The summed E-state index contributed by atoms with van der Waals surface area (Å²) in [5.74, 6) is 0.0312. The molecule has 0 fully saturated rings. The van der Waals surface area contributed by atoms with Gasteiger partial charge in [-0.3, -0.25) is 4.79 Å². The molecule has 5 heteroatoms. The molecule has 2 nitrogen and oxygen atoms in total. The number of carbonyl (C=O) groups excluding carboxylic acids is 1. The van der Waals surface area contributed by atoms with E-state index in [-0.39, 0.29) is 5.12 Å². The molecular weight excluding hydrogens is 281 g/mol. The van der Waals surface area contributed by atoms with Gasteiger partial charge in [0.1, 0.15) is 0 Å². The fourth-order valence-corrected chi connectivity index (χ4v) is 1.67. The topological polar surface area (TPSA) is 30.0 Å².